The van der Waals surface area contributed by atoms with Gasteiger partial charge in [-0.2, -0.15) is 0 Å². The van der Waals surface area contributed by atoms with Crippen molar-refractivity contribution >= 4 is 12.4 Å². The van der Waals surface area contributed by atoms with Crippen molar-refractivity contribution in [2.45, 2.75) is 6.92 Å². The van der Waals surface area contributed by atoms with E-state index in [4.69, 9.17) is 11.5 Å². The van der Waals surface area contributed by atoms with Gasteiger partial charge in [-0.25, -0.2) is 4.79 Å². The van der Waals surface area contributed by atoms with E-state index >= 15 is 0 Å². The highest BCUT2D eigenvalue weighted by Gasteiger charge is 2.30. The van der Waals surface area contributed by atoms with Crippen LogP contribution in [0.4, 0.5) is 0 Å². The van der Waals surface area contributed by atoms with Crippen molar-refractivity contribution in [3.63, 3.8) is 0 Å². The Bertz CT molecular complexity index is 325. The number of hydrogen-bond donors (Lipinski definition) is 2. The fourth-order valence-corrected chi connectivity index (χ4v) is 0.834. The number of hydrogen-bond acceptors (Lipinski definition) is 6. The SMILES string of the molecule is C/C(N)=C1/OC(=O)C(N)=C1OC=O. The molecule has 0 aromatic rings. The zero-order chi connectivity index (χ0) is 10.0. The lowest BCUT2D eigenvalue weighted by Gasteiger charge is -2.01. The Labute approximate surface area is 73.8 Å². The minimum absolute atomic E-state index is 0.00500. The summed E-state index contributed by atoms with van der Waals surface area (Å²) in [6.45, 7) is 1.64. The lowest BCUT2D eigenvalue weighted by atomic mass is 10.3. The number of nitrogens with two attached hydrogens (primary N) is 2. The molecule has 1 rings (SSSR count). The molecule has 0 spiro atoms. The highest BCUT2D eigenvalue weighted by atomic mass is 16.6. The van der Waals surface area contributed by atoms with Gasteiger partial charge in [0.25, 0.3) is 6.47 Å². The summed E-state index contributed by atoms with van der Waals surface area (Å²) in [6, 6.07) is 0. The van der Waals surface area contributed by atoms with Crippen molar-refractivity contribution in [2.24, 2.45) is 11.5 Å². The van der Waals surface area contributed by atoms with Gasteiger partial charge in [-0.1, -0.05) is 0 Å². The third kappa shape index (κ3) is 1.46. The molecule has 6 nitrogen and oxygen atoms in total. The number of cyclic esters (lactones) is 1. The second-order valence-electron chi connectivity index (χ2n) is 2.36. The Morgan fingerprint density at radius 3 is 2.69 bits per heavy atom. The summed E-state index contributed by atoms with van der Waals surface area (Å²) >= 11 is 0. The third-order valence-electron chi connectivity index (χ3n) is 1.39. The summed E-state index contributed by atoms with van der Waals surface area (Å²) < 4.78 is 9.08. The van der Waals surface area contributed by atoms with Crippen molar-refractivity contribution in [1.29, 1.82) is 0 Å². The summed E-state index contributed by atoms with van der Waals surface area (Å²) in [6.07, 6.45) is 0. The summed E-state index contributed by atoms with van der Waals surface area (Å²) in [5, 5.41) is 0. The normalized spacial score (nSPS) is 19.9. The average molecular weight is 184 g/mol. The topological polar surface area (TPSA) is 105 Å². The maximum atomic E-state index is 10.9. The van der Waals surface area contributed by atoms with E-state index in [0.29, 0.717) is 0 Å². The molecular formula is C7H8N2O4. The van der Waals surface area contributed by atoms with Crippen molar-refractivity contribution in [1.82, 2.24) is 0 Å². The third-order valence-corrected chi connectivity index (χ3v) is 1.39. The van der Waals surface area contributed by atoms with Crippen LogP contribution in [-0.2, 0) is 19.1 Å². The number of carbonyl (C=O) groups excluding carboxylic acids is 2. The fourth-order valence-electron chi connectivity index (χ4n) is 0.834. The Morgan fingerprint density at radius 1 is 1.62 bits per heavy atom. The maximum Gasteiger partial charge on any atom is 0.363 e. The largest absolute Gasteiger partial charge is 0.422 e. The number of esters is 1. The van der Waals surface area contributed by atoms with E-state index in [1.165, 1.54) is 6.92 Å². The minimum atomic E-state index is -0.767. The van der Waals surface area contributed by atoms with E-state index in [-0.39, 0.29) is 29.4 Å². The van der Waals surface area contributed by atoms with Crippen molar-refractivity contribution in [2.75, 3.05) is 0 Å². The van der Waals surface area contributed by atoms with E-state index in [2.05, 4.69) is 9.47 Å². The van der Waals surface area contributed by atoms with Crippen LogP contribution in [0.3, 0.4) is 0 Å². The van der Waals surface area contributed by atoms with E-state index in [1.807, 2.05) is 0 Å². The number of rotatable bonds is 2. The molecule has 0 fully saturated rings. The standard InChI is InChI=1S/C7H8N2O4/c1-3(8)5-6(12-2-10)4(9)7(11)13-5/h2H,8-9H2,1H3/b5-3-. The van der Waals surface area contributed by atoms with E-state index in [1.54, 1.807) is 0 Å². The van der Waals surface area contributed by atoms with Crippen LogP contribution in [0.15, 0.2) is 22.9 Å². The molecule has 0 unspecified atom stereocenters. The Hall–Kier alpha value is -1.98. The van der Waals surface area contributed by atoms with Crippen LogP contribution in [0.1, 0.15) is 6.92 Å². The molecule has 1 aliphatic rings. The van der Waals surface area contributed by atoms with Crippen LogP contribution in [0.2, 0.25) is 0 Å². The number of carbonyl (C=O) groups is 2. The first-order valence-corrected chi connectivity index (χ1v) is 3.37. The zero-order valence-electron chi connectivity index (χ0n) is 6.87. The van der Waals surface area contributed by atoms with Crippen molar-refractivity contribution < 1.29 is 19.1 Å². The zero-order valence-corrected chi connectivity index (χ0v) is 6.87. The Morgan fingerprint density at radius 2 is 2.23 bits per heavy atom. The highest BCUT2D eigenvalue weighted by Crippen LogP contribution is 2.24. The van der Waals surface area contributed by atoms with Gasteiger partial charge < -0.3 is 20.9 Å². The van der Waals surface area contributed by atoms with Gasteiger partial charge in [0.1, 0.15) is 0 Å². The minimum Gasteiger partial charge on any atom is -0.422 e. The van der Waals surface area contributed by atoms with Crippen LogP contribution >= 0.6 is 0 Å². The number of ether oxygens (including phenoxy) is 2. The van der Waals surface area contributed by atoms with Crippen molar-refractivity contribution in [3.8, 4) is 0 Å². The first-order valence-electron chi connectivity index (χ1n) is 3.37. The van der Waals surface area contributed by atoms with Crippen molar-refractivity contribution in [3.05, 3.63) is 22.9 Å². The Kier molecular flexibility index (Phi) is 2.23. The summed E-state index contributed by atoms with van der Waals surface area (Å²) in [4.78, 5) is 20.9. The molecule has 0 aromatic carbocycles. The van der Waals surface area contributed by atoms with Gasteiger partial charge in [0.15, 0.2) is 11.5 Å². The fraction of sp³-hybridized carbons (Fsp3) is 0.143. The molecule has 0 atom stereocenters. The van der Waals surface area contributed by atoms with Gasteiger partial charge in [-0.05, 0) is 6.92 Å². The van der Waals surface area contributed by atoms with Gasteiger partial charge in [0, 0.05) is 0 Å². The lowest BCUT2D eigenvalue weighted by molar-refractivity contribution is -0.133. The van der Waals surface area contributed by atoms with Crippen LogP contribution in [-0.4, -0.2) is 12.4 Å². The summed E-state index contributed by atoms with van der Waals surface area (Å²) in [7, 11) is 0. The first-order chi connectivity index (χ1) is 6.07. The van der Waals surface area contributed by atoms with Gasteiger partial charge in [0.2, 0.25) is 5.76 Å². The van der Waals surface area contributed by atoms with Gasteiger partial charge in [0.05, 0.1) is 5.70 Å². The monoisotopic (exact) mass is 184 g/mol. The van der Waals surface area contributed by atoms with Gasteiger partial charge >= 0.3 is 5.97 Å². The second-order valence-corrected chi connectivity index (χ2v) is 2.36. The Balaban J connectivity index is 3.14. The molecule has 1 heterocycles. The molecule has 1 aliphatic heterocycles. The predicted octanol–water partition coefficient (Wildman–Crippen LogP) is -0.923. The molecule has 0 amide bonds. The molecule has 0 saturated carbocycles. The quantitative estimate of drug-likeness (QED) is 0.424. The molecule has 70 valence electrons. The van der Waals surface area contributed by atoms with Crippen LogP contribution < -0.4 is 11.5 Å². The molecule has 0 radical (unpaired) electrons. The average Bonchev–Trinajstić information content (AvgIpc) is 2.33. The van der Waals surface area contributed by atoms with Crippen LogP contribution in [0.25, 0.3) is 0 Å². The van der Waals surface area contributed by atoms with E-state index < -0.39 is 5.97 Å². The maximum absolute atomic E-state index is 10.9. The smallest absolute Gasteiger partial charge is 0.363 e. The second kappa shape index (κ2) is 3.18. The summed E-state index contributed by atoms with van der Waals surface area (Å²) in [5.41, 5.74) is 10.6. The first kappa shape index (κ1) is 9.11. The van der Waals surface area contributed by atoms with Gasteiger partial charge in [-0.3, -0.25) is 4.79 Å². The van der Waals surface area contributed by atoms with E-state index in [9.17, 15) is 9.59 Å². The molecule has 13 heavy (non-hydrogen) atoms. The molecule has 0 aliphatic carbocycles. The predicted molar refractivity (Wildman–Crippen MR) is 41.3 cm³/mol. The lowest BCUT2D eigenvalue weighted by Crippen LogP contribution is -2.08. The molecule has 0 bridgehead atoms. The summed E-state index contributed by atoms with van der Waals surface area (Å²) in [5.74, 6) is -0.897. The highest BCUT2D eigenvalue weighted by molar-refractivity contribution is 5.93. The molecule has 4 N–H and O–H groups in total. The van der Waals surface area contributed by atoms with Crippen LogP contribution in [0.5, 0.6) is 0 Å². The molecular weight excluding hydrogens is 176 g/mol. The van der Waals surface area contributed by atoms with Crippen LogP contribution in [0, 0.1) is 0 Å². The number of allylic oxidation sites excluding steroid dienone is 1. The van der Waals surface area contributed by atoms with Gasteiger partial charge in [-0.15, -0.1) is 0 Å². The van der Waals surface area contributed by atoms with E-state index in [0.717, 1.165) is 0 Å². The molecule has 0 aromatic heterocycles. The molecule has 0 saturated heterocycles. The molecule has 6 heteroatoms.